The van der Waals surface area contributed by atoms with Crippen LogP contribution in [0.5, 0.6) is 0 Å². The molecule has 0 radical (unpaired) electrons. The number of nitriles is 1. The van der Waals surface area contributed by atoms with E-state index in [4.69, 9.17) is 0 Å². The average Bonchev–Trinajstić information content (AvgIpc) is 2.56. The van der Waals surface area contributed by atoms with Gasteiger partial charge >= 0.3 is 0 Å². The maximum absolute atomic E-state index is 9.40. The van der Waals surface area contributed by atoms with Crippen LogP contribution in [0.15, 0.2) is 53.9 Å². The zero-order valence-electron chi connectivity index (χ0n) is 11.7. The number of hydrogen-bond acceptors (Lipinski definition) is 4. The van der Waals surface area contributed by atoms with Crippen LogP contribution in [-0.2, 0) is 0 Å². The summed E-state index contributed by atoms with van der Waals surface area (Å²) in [5.74, 6) is 0.655. The van der Waals surface area contributed by atoms with Crippen molar-refractivity contribution in [1.29, 1.82) is 5.26 Å². The third kappa shape index (κ3) is 3.43. The molecule has 106 valence electrons. The summed E-state index contributed by atoms with van der Waals surface area (Å²) in [7, 11) is 0. The molecule has 4 heteroatoms. The molecule has 1 aliphatic rings. The molecule has 3 nitrogen and oxygen atoms in total. The van der Waals surface area contributed by atoms with Gasteiger partial charge in [-0.05, 0) is 30.7 Å². The molecule has 0 bridgehead atoms. The topological polar surface area (TPSA) is 49.6 Å². The van der Waals surface area contributed by atoms with E-state index in [-0.39, 0.29) is 5.92 Å². The highest BCUT2D eigenvalue weighted by atomic mass is 32.2. The molecule has 1 aromatic heterocycles. The van der Waals surface area contributed by atoms with Crippen molar-refractivity contribution in [2.75, 3.05) is 0 Å². The molecule has 0 aliphatic heterocycles. The first-order valence-corrected chi connectivity index (χ1v) is 8.12. The number of thioether (sulfide) groups is 1. The summed E-state index contributed by atoms with van der Waals surface area (Å²) in [5.41, 5.74) is 1.39. The standard InChI is InChI=1S/C17H17N3S/c18-11-15-7-6-14(13-4-2-1-3-5-13)10-16(15)21-17-12-19-8-9-20-17/h1-5,8-9,12,14-16H,6-7,10H2. The van der Waals surface area contributed by atoms with Gasteiger partial charge in [0.2, 0.25) is 0 Å². The highest BCUT2D eigenvalue weighted by molar-refractivity contribution is 7.99. The highest BCUT2D eigenvalue weighted by Crippen LogP contribution is 2.42. The third-order valence-corrected chi connectivity index (χ3v) is 5.32. The Kier molecular flexibility index (Phi) is 4.52. The molecule has 3 unspecified atom stereocenters. The lowest BCUT2D eigenvalue weighted by molar-refractivity contribution is 0.393. The van der Waals surface area contributed by atoms with Crippen molar-refractivity contribution in [3.05, 3.63) is 54.5 Å². The van der Waals surface area contributed by atoms with Gasteiger partial charge < -0.3 is 0 Å². The van der Waals surface area contributed by atoms with Crippen LogP contribution in [-0.4, -0.2) is 15.2 Å². The summed E-state index contributed by atoms with van der Waals surface area (Å²) in [6.07, 6.45) is 8.27. The SMILES string of the molecule is N#CC1CCC(c2ccccc2)CC1Sc1cnccn1. The Labute approximate surface area is 129 Å². The van der Waals surface area contributed by atoms with E-state index in [1.165, 1.54) is 5.56 Å². The number of nitrogens with zero attached hydrogens (tertiary/aromatic N) is 3. The second-order valence-corrected chi connectivity index (χ2v) is 6.62. The summed E-state index contributed by atoms with van der Waals surface area (Å²) in [6.45, 7) is 0. The van der Waals surface area contributed by atoms with E-state index in [2.05, 4.69) is 46.4 Å². The summed E-state index contributed by atoms with van der Waals surface area (Å²) >= 11 is 1.70. The van der Waals surface area contributed by atoms with Gasteiger partial charge in [-0.3, -0.25) is 4.98 Å². The molecule has 1 aliphatic carbocycles. The van der Waals surface area contributed by atoms with Gasteiger partial charge in [0.1, 0.15) is 5.03 Å². The van der Waals surface area contributed by atoms with Gasteiger partial charge in [-0.25, -0.2) is 4.98 Å². The van der Waals surface area contributed by atoms with Crippen LogP contribution in [0.2, 0.25) is 0 Å². The van der Waals surface area contributed by atoms with Crippen molar-refractivity contribution in [3.63, 3.8) is 0 Å². The lowest BCUT2D eigenvalue weighted by Gasteiger charge is -2.32. The van der Waals surface area contributed by atoms with Crippen LogP contribution in [0.1, 0.15) is 30.7 Å². The van der Waals surface area contributed by atoms with Gasteiger partial charge in [0.25, 0.3) is 0 Å². The molecule has 1 heterocycles. The van der Waals surface area contributed by atoms with Gasteiger partial charge in [0, 0.05) is 17.6 Å². The number of benzene rings is 1. The predicted octanol–water partition coefficient (Wildman–Crippen LogP) is 4.04. The molecule has 2 aromatic rings. The molecule has 0 N–H and O–H groups in total. The largest absolute Gasteiger partial charge is 0.260 e. The van der Waals surface area contributed by atoms with Crippen LogP contribution in [0, 0.1) is 17.2 Å². The minimum absolute atomic E-state index is 0.108. The Hall–Kier alpha value is -1.86. The average molecular weight is 295 g/mol. The maximum atomic E-state index is 9.40. The van der Waals surface area contributed by atoms with Crippen molar-refractivity contribution in [1.82, 2.24) is 9.97 Å². The predicted molar refractivity (Wildman–Crippen MR) is 83.8 cm³/mol. The molecule has 0 spiro atoms. The maximum Gasteiger partial charge on any atom is 0.115 e. The molecule has 21 heavy (non-hydrogen) atoms. The Balaban J connectivity index is 1.75. The van der Waals surface area contributed by atoms with Gasteiger partial charge in [-0.1, -0.05) is 30.3 Å². The monoisotopic (exact) mass is 295 g/mol. The van der Waals surface area contributed by atoms with Crippen LogP contribution in [0.4, 0.5) is 0 Å². The first-order chi connectivity index (χ1) is 10.4. The molecule has 1 aromatic carbocycles. The molecule has 1 fully saturated rings. The van der Waals surface area contributed by atoms with Gasteiger partial charge in [0.05, 0.1) is 18.2 Å². The van der Waals surface area contributed by atoms with Crippen molar-refractivity contribution in [2.45, 2.75) is 35.5 Å². The Morgan fingerprint density at radius 3 is 2.71 bits per heavy atom. The van der Waals surface area contributed by atoms with Gasteiger partial charge in [-0.2, -0.15) is 5.26 Å². The van der Waals surface area contributed by atoms with Gasteiger partial charge in [-0.15, -0.1) is 11.8 Å². The first kappa shape index (κ1) is 14.1. The third-order valence-electron chi connectivity index (χ3n) is 4.04. The number of rotatable bonds is 3. The smallest absolute Gasteiger partial charge is 0.115 e. The fraction of sp³-hybridized carbons (Fsp3) is 0.353. The summed E-state index contributed by atoms with van der Waals surface area (Å²) in [4.78, 5) is 8.44. The van der Waals surface area contributed by atoms with Crippen LogP contribution >= 0.6 is 11.8 Å². The van der Waals surface area contributed by atoms with Gasteiger partial charge in [0.15, 0.2) is 0 Å². The van der Waals surface area contributed by atoms with Crippen LogP contribution < -0.4 is 0 Å². The molecule has 3 atom stereocenters. The molecule has 0 amide bonds. The minimum atomic E-state index is 0.108. The fourth-order valence-corrected chi connectivity index (χ4v) is 4.18. The number of aromatic nitrogens is 2. The Morgan fingerprint density at radius 1 is 1.14 bits per heavy atom. The lowest BCUT2D eigenvalue weighted by Crippen LogP contribution is -2.25. The summed E-state index contributed by atoms with van der Waals surface area (Å²) < 4.78 is 0. The molecule has 0 saturated heterocycles. The zero-order chi connectivity index (χ0) is 14.5. The molecular formula is C17H17N3S. The zero-order valence-corrected chi connectivity index (χ0v) is 12.5. The van der Waals surface area contributed by atoms with E-state index >= 15 is 0 Å². The number of hydrogen-bond donors (Lipinski definition) is 0. The molecule has 3 rings (SSSR count). The molecular weight excluding hydrogens is 278 g/mol. The molecule has 1 saturated carbocycles. The minimum Gasteiger partial charge on any atom is -0.260 e. The van der Waals surface area contributed by atoms with E-state index in [9.17, 15) is 5.26 Å². The van der Waals surface area contributed by atoms with E-state index < -0.39 is 0 Å². The van der Waals surface area contributed by atoms with Crippen molar-refractivity contribution < 1.29 is 0 Å². The highest BCUT2D eigenvalue weighted by Gasteiger charge is 2.32. The fourth-order valence-electron chi connectivity index (χ4n) is 2.94. The quantitative estimate of drug-likeness (QED) is 0.857. The van der Waals surface area contributed by atoms with E-state index in [1.807, 2.05) is 0 Å². The summed E-state index contributed by atoms with van der Waals surface area (Å²) in [5, 5.41) is 10.6. The second-order valence-electron chi connectivity index (χ2n) is 5.36. The normalized spacial score (nSPS) is 25.2. The Morgan fingerprint density at radius 2 is 2.00 bits per heavy atom. The van der Waals surface area contributed by atoms with E-state index in [1.54, 1.807) is 30.4 Å². The van der Waals surface area contributed by atoms with Crippen molar-refractivity contribution in [3.8, 4) is 6.07 Å². The van der Waals surface area contributed by atoms with E-state index in [0.29, 0.717) is 11.2 Å². The Bertz CT molecular complexity index is 609. The van der Waals surface area contributed by atoms with Crippen molar-refractivity contribution >= 4 is 11.8 Å². The van der Waals surface area contributed by atoms with Crippen LogP contribution in [0.25, 0.3) is 0 Å². The van der Waals surface area contributed by atoms with E-state index in [0.717, 1.165) is 24.3 Å². The second kappa shape index (κ2) is 6.73. The van der Waals surface area contributed by atoms with Crippen LogP contribution in [0.3, 0.4) is 0 Å². The summed E-state index contributed by atoms with van der Waals surface area (Å²) in [6, 6.07) is 13.1. The van der Waals surface area contributed by atoms with Crippen molar-refractivity contribution in [2.24, 2.45) is 5.92 Å². The first-order valence-electron chi connectivity index (χ1n) is 7.24. The lowest BCUT2D eigenvalue weighted by atomic mass is 9.79.